The molecule has 1 aromatic heterocycles. The smallest absolute Gasteiger partial charge is 0.243 e. The van der Waals surface area contributed by atoms with Gasteiger partial charge in [0.15, 0.2) is 0 Å². The van der Waals surface area contributed by atoms with Crippen molar-refractivity contribution in [2.75, 3.05) is 6.54 Å². The standard InChI is InChI=1S/C24H21FN2O2S/c1-16-6-12-19(13-7-16)30(28,29)27-15-14-22-23(20-4-2-3-5-21(20)26-22)24(27)17-8-10-18(25)11-9-17/h2-13,24,26H,14-15H2,1H3/t24-/m0/s1. The summed E-state index contributed by atoms with van der Waals surface area (Å²) in [7, 11) is -3.75. The summed E-state index contributed by atoms with van der Waals surface area (Å²) in [5.74, 6) is -0.346. The fraction of sp³-hybridized carbons (Fsp3) is 0.167. The third-order valence-electron chi connectivity index (χ3n) is 5.78. The second kappa shape index (κ2) is 7.07. The number of nitrogens with one attached hydrogen (secondary N) is 1. The Kier molecular flexibility index (Phi) is 4.49. The number of para-hydroxylation sites is 1. The van der Waals surface area contributed by atoms with Gasteiger partial charge in [-0.05, 0) is 42.8 Å². The van der Waals surface area contributed by atoms with Crippen LogP contribution in [0, 0.1) is 12.7 Å². The van der Waals surface area contributed by atoms with Gasteiger partial charge in [-0.25, -0.2) is 12.8 Å². The first-order chi connectivity index (χ1) is 14.4. The number of aromatic nitrogens is 1. The van der Waals surface area contributed by atoms with Crippen LogP contribution in [-0.4, -0.2) is 24.3 Å². The van der Waals surface area contributed by atoms with Crippen LogP contribution in [0.1, 0.15) is 28.4 Å². The molecule has 0 spiro atoms. The highest BCUT2D eigenvalue weighted by Gasteiger charge is 2.39. The number of sulfonamides is 1. The van der Waals surface area contributed by atoms with Gasteiger partial charge in [-0.15, -0.1) is 0 Å². The number of nitrogens with zero attached hydrogens (tertiary/aromatic N) is 1. The molecule has 4 nitrogen and oxygen atoms in total. The van der Waals surface area contributed by atoms with E-state index in [1.54, 1.807) is 40.7 Å². The predicted molar refractivity (Wildman–Crippen MR) is 115 cm³/mol. The van der Waals surface area contributed by atoms with Crippen molar-refractivity contribution in [3.8, 4) is 0 Å². The number of aryl methyl sites for hydroxylation is 1. The van der Waals surface area contributed by atoms with E-state index in [2.05, 4.69) is 4.98 Å². The summed E-state index contributed by atoms with van der Waals surface area (Å²) in [5.41, 5.74) is 4.70. The van der Waals surface area contributed by atoms with Crippen molar-refractivity contribution in [2.45, 2.75) is 24.3 Å². The van der Waals surface area contributed by atoms with E-state index in [-0.39, 0.29) is 10.7 Å². The maximum atomic E-state index is 13.7. The van der Waals surface area contributed by atoms with Crippen LogP contribution in [-0.2, 0) is 16.4 Å². The van der Waals surface area contributed by atoms with Crippen LogP contribution in [0.3, 0.4) is 0 Å². The van der Waals surface area contributed by atoms with E-state index in [4.69, 9.17) is 0 Å². The van der Waals surface area contributed by atoms with Gasteiger partial charge in [-0.3, -0.25) is 0 Å². The van der Waals surface area contributed by atoms with Crippen molar-refractivity contribution < 1.29 is 12.8 Å². The maximum Gasteiger partial charge on any atom is 0.243 e. The van der Waals surface area contributed by atoms with E-state index in [9.17, 15) is 12.8 Å². The molecule has 0 aliphatic carbocycles. The average molecular weight is 421 g/mol. The Bertz CT molecular complexity index is 1330. The lowest BCUT2D eigenvalue weighted by Crippen LogP contribution is -2.40. The lowest BCUT2D eigenvalue weighted by Gasteiger charge is -2.35. The highest BCUT2D eigenvalue weighted by atomic mass is 32.2. The van der Waals surface area contributed by atoms with Crippen molar-refractivity contribution in [3.63, 3.8) is 0 Å². The molecule has 6 heteroatoms. The lowest BCUT2D eigenvalue weighted by molar-refractivity contribution is 0.344. The zero-order chi connectivity index (χ0) is 20.9. The number of aromatic amines is 1. The number of fused-ring (bicyclic) bond motifs is 3. The molecule has 0 saturated heterocycles. The van der Waals surface area contributed by atoms with Crippen molar-refractivity contribution >= 4 is 20.9 Å². The predicted octanol–water partition coefficient (Wildman–Crippen LogP) is 4.95. The Morgan fingerprint density at radius 3 is 2.40 bits per heavy atom. The van der Waals surface area contributed by atoms with E-state index in [1.807, 2.05) is 31.2 Å². The van der Waals surface area contributed by atoms with E-state index in [0.717, 1.165) is 33.3 Å². The molecule has 1 atom stereocenters. The van der Waals surface area contributed by atoms with Gasteiger partial charge in [0.2, 0.25) is 10.0 Å². The first-order valence-electron chi connectivity index (χ1n) is 9.88. The zero-order valence-corrected chi connectivity index (χ0v) is 17.3. The highest BCUT2D eigenvalue weighted by Crippen LogP contribution is 2.42. The number of benzene rings is 3. The number of rotatable bonds is 3. The summed E-state index contributed by atoms with van der Waals surface area (Å²) in [6, 6.07) is 20.4. The largest absolute Gasteiger partial charge is 0.358 e. The Labute approximate surface area is 175 Å². The summed E-state index contributed by atoms with van der Waals surface area (Å²) in [4.78, 5) is 3.72. The molecule has 1 N–H and O–H groups in total. The molecule has 152 valence electrons. The highest BCUT2D eigenvalue weighted by molar-refractivity contribution is 7.89. The van der Waals surface area contributed by atoms with Gasteiger partial charge in [-0.1, -0.05) is 48.0 Å². The van der Waals surface area contributed by atoms with E-state index in [0.29, 0.717) is 13.0 Å². The van der Waals surface area contributed by atoms with Crippen molar-refractivity contribution in [2.24, 2.45) is 0 Å². The minimum absolute atomic E-state index is 0.267. The quantitative estimate of drug-likeness (QED) is 0.510. The molecule has 0 saturated carbocycles. The topological polar surface area (TPSA) is 53.2 Å². The molecule has 30 heavy (non-hydrogen) atoms. The molecule has 1 aliphatic rings. The SMILES string of the molecule is Cc1ccc(S(=O)(=O)N2CCc3[nH]c4ccccc4c3[C@@H]2c2ccc(F)cc2)cc1. The number of hydrogen-bond donors (Lipinski definition) is 1. The third kappa shape index (κ3) is 3.04. The van der Waals surface area contributed by atoms with Crippen LogP contribution in [0.2, 0.25) is 0 Å². The number of H-pyrrole nitrogens is 1. The molecular weight excluding hydrogens is 399 g/mol. The molecule has 2 heterocycles. The molecule has 4 aromatic rings. The molecule has 0 radical (unpaired) electrons. The monoisotopic (exact) mass is 420 g/mol. The van der Waals surface area contributed by atoms with E-state index in [1.165, 1.54) is 12.1 Å². The Balaban J connectivity index is 1.73. The molecule has 0 fully saturated rings. The van der Waals surface area contributed by atoms with Crippen LogP contribution in [0.4, 0.5) is 4.39 Å². The number of hydrogen-bond acceptors (Lipinski definition) is 2. The Morgan fingerprint density at radius 1 is 0.967 bits per heavy atom. The first-order valence-corrected chi connectivity index (χ1v) is 11.3. The van der Waals surface area contributed by atoms with Gasteiger partial charge < -0.3 is 4.98 Å². The van der Waals surface area contributed by atoms with Gasteiger partial charge in [-0.2, -0.15) is 4.31 Å². The number of halogens is 1. The summed E-state index contributed by atoms with van der Waals surface area (Å²) in [5, 5.41) is 0.991. The summed E-state index contributed by atoms with van der Waals surface area (Å²) < 4.78 is 42.5. The Morgan fingerprint density at radius 2 is 1.67 bits per heavy atom. The van der Waals surface area contributed by atoms with Crippen molar-refractivity contribution in [1.29, 1.82) is 0 Å². The van der Waals surface area contributed by atoms with E-state index >= 15 is 0 Å². The van der Waals surface area contributed by atoms with Crippen LogP contribution >= 0.6 is 0 Å². The lowest BCUT2D eigenvalue weighted by atomic mass is 9.92. The fourth-order valence-corrected chi connectivity index (χ4v) is 5.89. The van der Waals surface area contributed by atoms with Crippen LogP contribution in [0.25, 0.3) is 10.9 Å². The molecular formula is C24H21FN2O2S. The maximum absolute atomic E-state index is 13.7. The Hall–Kier alpha value is -2.96. The van der Waals surface area contributed by atoms with Crippen LogP contribution in [0.5, 0.6) is 0 Å². The van der Waals surface area contributed by atoms with Gasteiger partial charge >= 0.3 is 0 Å². The molecule has 1 aliphatic heterocycles. The average Bonchev–Trinajstić information content (AvgIpc) is 3.13. The van der Waals surface area contributed by atoms with Gasteiger partial charge in [0, 0.05) is 35.1 Å². The first kappa shape index (κ1) is 19.0. The minimum Gasteiger partial charge on any atom is -0.358 e. The molecule has 0 amide bonds. The summed E-state index contributed by atoms with van der Waals surface area (Å²) in [6.45, 7) is 2.27. The second-order valence-corrected chi connectivity index (χ2v) is 9.59. The van der Waals surface area contributed by atoms with Crippen LogP contribution in [0.15, 0.2) is 77.7 Å². The molecule has 0 unspecified atom stereocenters. The van der Waals surface area contributed by atoms with E-state index < -0.39 is 16.1 Å². The third-order valence-corrected chi connectivity index (χ3v) is 7.66. The van der Waals surface area contributed by atoms with Crippen molar-refractivity contribution in [1.82, 2.24) is 9.29 Å². The van der Waals surface area contributed by atoms with Crippen LogP contribution < -0.4 is 0 Å². The van der Waals surface area contributed by atoms with Crippen molar-refractivity contribution in [3.05, 3.63) is 101 Å². The molecule has 3 aromatic carbocycles. The zero-order valence-electron chi connectivity index (χ0n) is 16.5. The van der Waals surface area contributed by atoms with Gasteiger partial charge in [0.05, 0.1) is 10.9 Å². The molecule has 5 rings (SSSR count). The normalized spacial score (nSPS) is 17.2. The van der Waals surface area contributed by atoms with Gasteiger partial charge in [0.1, 0.15) is 5.82 Å². The second-order valence-electron chi connectivity index (χ2n) is 7.70. The summed E-state index contributed by atoms with van der Waals surface area (Å²) in [6.07, 6.45) is 0.590. The molecule has 0 bridgehead atoms. The minimum atomic E-state index is -3.75. The fourth-order valence-electron chi connectivity index (χ4n) is 4.31. The van der Waals surface area contributed by atoms with Gasteiger partial charge in [0.25, 0.3) is 0 Å². The summed E-state index contributed by atoms with van der Waals surface area (Å²) >= 11 is 0.